The molecular formula is C49H52Cl2Zr. The molecule has 52 heavy (non-hydrogen) atoms. The molecule has 0 fully saturated rings. The Morgan fingerprint density at radius 3 is 1.40 bits per heavy atom. The molecule has 8 rings (SSSR count). The van der Waals surface area contributed by atoms with Gasteiger partial charge in [0.1, 0.15) is 0 Å². The summed E-state index contributed by atoms with van der Waals surface area (Å²) in [7, 11) is 0. The summed E-state index contributed by atoms with van der Waals surface area (Å²) >= 11 is -2.85. The Morgan fingerprint density at radius 2 is 1.04 bits per heavy atom. The Hall–Kier alpha value is -2.83. The van der Waals surface area contributed by atoms with E-state index in [1.54, 1.807) is 17.6 Å². The fourth-order valence-corrected chi connectivity index (χ4v) is 17.7. The second kappa shape index (κ2) is 13.5. The molecule has 0 radical (unpaired) electrons. The van der Waals surface area contributed by atoms with Crippen LogP contribution >= 0.6 is 0 Å². The first kappa shape index (κ1) is 38.9. The van der Waals surface area contributed by atoms with Gasteiger partial charge in [-0.3, -0.25) is 0 Å². The number of hydrogen-bond donors (Lipinski definition) is 0. The van der Waals surface area contributed by atoms with Crippen LogP contribution < -0.4 is 24.8 Å². The van der Waals surface area contributed by atoms with Gasteiger partial charge in [-0.1, -0.05) is 0 Å². The third-order valence-corrected chi connectivity index (χ3v) is 20.2. The Kier molecular flexibility index (Phi) is 10.1. The van der Waals surface area contributed by atoms with E-state index in [2.05, 4.69) is 185 Å². The molecule has 0 amide bonds. The minimum absolute atomic E-state index is 0. The van der Waals surface area contributed by atoms with Crippen LogP contribution in [0.1, 0.15) is 135 Å². The van der Waals surface area contributed by atoms with Gasteiger partial charge in [0.15, 0.2) is 0 Å². The minimum Gasteiger partial charge on any atom is -1.00 e. The summed E-state index contributed by atoms with van der Waals surface area (Å²) < 4.78 is 3.71. The first-order valence-electron chi connectivity index (χ1n) is 18.6. The predicted molar refractivity (Wildman–Crippen MR) is 213 cm³/mol. The number of hydrogen-bond acceptors (Lipinski definition) is 0. The topological polar surface area (TPSA) is 0 Å². The van der Waals surface area contributed by atoms with Crippen molar-refractivity contribution in [3.8, 4) is 11.1 Å². The molecule has 3 heteroatoms. The Morgan fingerprint density at radius 1 is 0.615 bits per heavy atom. The first-order valence-corrected chi connectivity index (χ1v) is 22.5. The van der Waals surface area contributed by atoms with Gasteiger partial charge >= 0.3 is 311 Å². The van der Waals surface area contributed by atoms with E-state index in [4.69, 9.17) is 0 Å². The number of benzene rings is 4. The maximum absolute atomic E-state index is 2.85. The fourth-order valence-electron chi connectivity index (χ4n) is 8.75. The largest absolute Gasteiger partial charge is 1.00 e. The van der Waals surface area contributed by atoms with Crippen molar-refractivity contribution >= 4 is 15.4 Å². The van der Waals surface area contributed by atoms with Crippen molar-refractivity contribution in [1.29, 1.82) is 0 Å². The molecule has 0 unspecified atom stereocenters. The van der Waals surface area contributed by atoms with Gasteiger partial charge in [0.2, 0.25) is 0 Å². The van der Waals surface area contributed by atoms with Gasteiger partial charge in [-0.05, 0) is 0 Å². The van der Waals surface area contributed by atoms with Crippen LogP contribution in [0.25, 0.3) is 23.3 Å². The molecule has 0 aliphatic heterocycles. The molecule has 0 bridgehead atoms. The van der Waals surface area contributed by atoms with E-state index in [1.165, 1.54) is 55.6 Å². The molecule has 0 heterocycles. The maximum atomic E-state index is 2.65. The zero-order chi connectivity index (χ0) is 35.4. The van der Waals surface area contributed by atoms with E-state index in [-0.39, 0.29) is 46.5 Å². The molecule has 0 atom stereocenters. The molecule has 4 aromatic rings. The summed E-state index contributed by atoms with van der Waals surface area (Å²) in [4.78, 5) is 0. The van der Waals surface area contributed by atoms with Crippen LogP contribution in [-0.2, 0) is 42.9 Å². The molecule has 0 nitrogen and oxygen atoms in total. The number of allylic oxidation sites excluding steroid dienone is 6. The van der Waals surface area contributed by atoms with Gasteiger partial charge in [0.25, 0.3) is 0 Å². The van der Waals surface area contributed by atoms with Gasteiger partial charge in [0.05, 0.1) is 0 Å². The third kappa shape index (κ3) is 6.52. The molecular weight excluding hydrogens is 751 g/mol. The Labute approximate surface area is 333 Å². The number of rotatable bonds is 4. The van der Waals surface area contributed by atoms with Crippen molar-refractivity contribution < 1.29 is 46.1 Å². The van der Waals surface area contributed by atoms with Crippen LogP contribution in [0.15, 0.2) is 106 Å². The van der Waals surface area contributed by atoms with E-state index < -0.39 is 21.3 Å². The fraction of sp³-hybridized carbons (Fsp3) is 0.327. The number of halogens is 2. The summed E-state index contributed by atoms with van der Waals surface area (Å²) in [5.74, 6) is 0. The second-order valence-electron chi connectivity index (χ2n) is 18.4. The average molecular weight is 803 g/mol. The van der Waals surface area contributed by atoms with Crippen LogP contribution in [0.4, 0.5) is 0 Å². The summed E-state index contributed by atoms with van der Waals surface area (Å²) in [6.07, 6.45) is 17.9. The van der Waals surface area contributed by atoms with E-state index >= 15 is 0 Å². The van der Waals surface area contributed by atoms with Crippen molar-refractivity contribution in [2.75, 3.05) is 0 Å². The van der Waals surface area contributed by atoms with E-state index in [9.17, 15) is 0 Å². The molecule has 4 aliphatic carbocycles. The van der Waals surface area contributed by atoms with Crippen molar-refractivity contribution in [2.24, 2.45) is 0 Å². The normalized spacial score (nSPS) is 17.0. The van der Waals surface area contributed by atoms with Gasteiger partial charge < -0.3 is 24.8 Å². The maximum Gasteiger partial charge on any atom is -1.00 e. The molecule has 4 aromatic carbocycles. The molecule has 0 spiro atoms. The zero-order valence-corrected chi connectivity index (χ0v) is 36.5. The van der Waals surface area contributed by atoms with E-state index in [1.807, 2.05) is 0 Å². The molecule has 0 N–H and O–H groups in total. The van der Waals surface area contributed by atoms with Crippen molar-refractivity contribution in [1.82, 2.24) is 0 Å². The number of fused-ring (bicyclic) bond motifs is 5. The summed E-state index contributed by atoms with van der Waals surface area (Å²) in [5, 5.41) is 0. The minimum atomic E-state index is -2.85. The van der Waals surface area contributed by atoms with Crippen molar-refractivity contribution in [2.45, 2.75) is 101 Å². The van der Waals surface area contributed by atoms with Crippen LogP contribution in [0, 0.1) is 0 Å². The summed E-state index contributed by atoms with van der Waals surface area (Å²) in [6.45, 7) is 23.5. The third-order valence-electron chi connectivity index (χ3n) is 11.9. The quantitative estimate of drug-likeness (QED) is 0.216. The van der Waals surface area contributed by atoms with Gasteiger partial charge in [-0.2, -0.15) is 0 Å². The second-order valence-corrected chi connectivity index (χ2v) is 24.6. The molecule has 4 aliphatic rings. The van der Waals surface area contributed by atoms with Gasteiger partial charge in [0, 0.05) is 0 Å². The van der Waals surface area contributed by atoms with Crippen molar-refractivity contribution in [3.05, 3.63) is 162 Å². The monoisotopic (exact) mass is 800 g/mol. The summed E-state index contributed by atoms with van der Waals surface area (Å²) in [5.41, 5.74) is 17.7. The van der Waals surface area contributed by atoms with Gasteiger partial charge in [-0.15, -0.1) is 0 Å². The Bertz CT molecular complexity index is 2080. The summed E-state index contributed by atoms with van der Waals surface area (Å²) in [6, 6.07) is 29.8. The zero-order valence-electron chi connectivity index (χ0n) is 32.5. The SMILES string of the molecule is CC(C)(C)c1ccc([C](c2ccc(C(C)(C)C)cc2)=[Zr+2]([C]2=CC=CC2)[CH]2c3cc4c(cc3-c3cc5c(cc32)C(C)(C)C=C5)C=CC4(C)C)cc1.[Cl-].[Cl-]. The van der Waals surface area contributed by atoms with Crippen LogP contribution in [0.3, 0.4) is 0 Å². The Balaban J connectivity index is 0.00000232. The molecule has 0 saturated carbocycles. The van der Waals surface area contributed by atoms with Gasteiger partial charge in [-0.25, -0.2) is 0 Å². The molecule has 0 aromatic heterocycles. The smallest absolute Gasteiger partial charge is 1.00 e. The predicted octanol–water partition coefficient (Wildman–Crippen LogP) is 6.70. The average Bonchev–Trinajstić information content (AvgIpc) is 3.83. The van der Waals surface area contributed by atoms with Crippen LogP contribution in [0.5, 0.6) is 0 Å². The van der Waals surface area contributed by atoms with E-state index in [0.717, 1.165) is 6.42 Å². The first-order chi connectivity index (χ1) is 23.5. The van der Waals surface area contributed by atoms with E-state index in [0.29, 0.717) is 3.63 Å². The van der Waals surface area contributed by atoms with Crippen LogP contribution in [0.2, 0.25) is 0 Å². The molecule has 0 saturated heterocycles. The molecule has 266 valence electrons. The standard InChI is InChI=1S/C23H21.C21H26.C5H5.2ClH.Zr/c1-22(2)7-5-14-10-18-16(12-20(14)22)9-17-13-21-15(11-19(17)18)6-8-23(21,3)4;1-20(2,3)18-11-7-16(8-12-18)15-17-9-13-19(14-10-17)21(4,5)6;1-2-4-5-3-1;;;/h5-13H,1-4H3;7-14H,1-6H3;1-3H,4H2;2*1H;/q;;;;;+2/p-2. The van der Waals surface area contributed by atoms with Crippen LogP contribution in [-0.4, -0.2) is 3.21 Å². The van der Waals surface area contributed by atoms with Crippen molar-refractivity contribution in [3.63, 3.8) is 0 Å².